The van der Waals surface area contributed by atoms with E-state index in [2.05, 4.69) is 67.4 Å². The van der Waals surface area contributed by atoms with Crippen molar-refractivity contribution in [3.8, 4) is 0 Å². The summed E-state index contributed by atoms with van der Waals surface area (Å²) < 4.78 is 1.91. The fourth-order valence-corrected chi connectivity index (χ4v) is 5.31. The van der Waals surface area contributed by atoms with Crippen LogP contribution in [0.3, 0.4) is 0 Å². The Morgan fingerprint density at radius 1 is 0.971 bits per heavy atom. The largest absolute Gasteiger partial charge is 0.314 e. The van der Waals surface area contributed by atoms with Gasteiger partial charge in [-0.2, -0.15) is 0 Å². The monoisotopic (exact) mass is 466 g/mol. The lowest BCUT2D eigenvalue weighted by Crippen LogP contribution is -2.49. The number of aromatic nitrogens is 2. The third-order valence-corrected chi connectivity index (χ3v) is 7.07. The second-order valence-electron chi connectivity index (χ2n) is 9.92. The molecule has 5 rings (SSSR count). The smallest absolute Gasteiger partial charge is 0.261 e. The Bertz CT molecular complexity index is 1340. The predicted octanol–water partition coefficient (Wildman–Crippen LogP) is 5.10. The third kappa shape index (κ3) is 4.79. The minimum atomic E-state index is 0.00409. The highest BCUT2D eigenvalue weighted by Crippen LogP contribution is 2.36. The lowest BCUT2D eigenvalue weighted by Gasteiger charge is -2.43. The van der Waals surface area contributed by atoms with Crippen LogP contribution in [-0.4, -0.2) is 34.1 Å². The molecule has 0 saturated carbocycles. The van der Waals surface area contributed by atoms with Crippen molar-refractivity contribution in [1.82, 2.24) is 19.8 Å². The van der Waals surface area contributed by atoms with Crippen LogP contribution in [0.15, 0.2) is 83.7 Å². The summed E-state index contributed by atoms with van der Waals surface area (Å²) in [5, 5.41) is 4.26. The number of rotatable bonds is 6. The Hall–Kier alpha value is -3.28. The highest BCUT2D eigenvalue weighted by molar-refractivity contribution is 5.77. The van der Waals surface area contributed by atoms with E-state index in [4.69, 9.17) is 4.98 Å². The van der Waals surface area contributed by atoms with Gasteiger partial charge in [-0.25, -0.2) is 4.98 Å². The number of piperazine rings is 1. The predicted molar refractivity (Wildman–Crippen MR) is 143 cm³/mol. The Kier molecular flexibility index (Phi) is 6.80. The second-order valence-corrected chi connectivity index (χ2v) is 9.92. The van der Waals surface area contributed by atoms with E-state index >= 15 is 0 Å². The summed E-state index contributed by atoms with van der Waals surface area (Å²) in [7, 11) is 0. The van der Waals surface area contributed by atoms with Gasteiger partial charge in [0.05, 0.1) is 23.5 Å². The Labute approximate surface area is 207 Å². The molecule has 5 nitrogen and oxygen atoms in total. The summed E-state index contributed by atoms with van der Waals surface area (Å²) in [5.41, 5.74) is 4.46. The summed E-state index contributed by atoms with van der Waals surface area (Å²) in [5.74, 6) is 1.13. The molecule has 1 N–H and O–H groups in total. The lowest BCUT2D eigenvalue weighted by atomic mass is 9.94. The fraction of sp³-hybridized carbons (Fsp3) is 0.333. The average Bonchev–Trinajstić information content (AvgIpc) is 2.88. The first-order chi connectivity index (χ1) is 17.0. The van der Waals surface area contributed by atoms with Crippen LogP contribution in [0, 0.1) is 12.8 Å². The van der Waals surface area contributed by atoms with E-state index in [1.165, 1.54) is 11.1 Å². The van der Waals surface area contributed by atoms with Gasteiger partial charge in [-0.15, -0.1) is 0 Å². The summed E-state index contributed by atoms with van der Waals surface area (Å²) >= 11 is 0. The molecular weight excluding hydrogens is 432 g/mol. The van der Waals surface area contributed by atoms with Gasteiger partial charge in [0.15, 0.2) is 0 Å². The first kappa shape index (κ1) is 23.5. The van der Waals surface area contributed by atoms with Crippen LogP contribution >= 0.6 is 0 Å². The second kappa shape index (κ2) is 10.1. The average molecular weight is 467 g/mol. The molecule has 2 unspecified atom stereocenters. The number of hydrogen-bond acceptors (Lipinski definition) is 4. The van der Waals surface area contributed by atoms with Crippen molar-refractivity contribution in [3.05, 3.63) is 112 Å². The van der Waals surface area contributed by atoms with Gasteiger partial charge >= 0.3 is 0 Å². The maximum Gasteiger partial charge on any atom is 0.261 e. The summed E-state index contributed by atoms with van der Waals surface area (Å²) in [6.07, 6.45) is 0. The van der Waals surface area contributed by atoms with Crippen LogP contribution in [0.4, 0.5) is 0 Å². The van der Waals surface area contributed by atoms with Crippen molar-refractivity contribution in [1.29, 1.82) is 0 Å². The zero-order chi connectivity index (χ0) is 24.4. The summed E-state index contributed by atoms with van der Waals surface area (Å²) in [6.45, 7) is 9.82. The molecule has 1 saturated heterocycles. The van der Waals surface area contributed by atoms with Crippen LogP contribution < -0.4 is 10.9 Å². The van der Waals surface area contributed by atoms with Crippen molar-refractivity contribution in [2.45, 2.75) is 39.4 Å². The number of para-hydroxylation sites is 1. The van der Waals surface area contributed by atoms with Gasteiger partial charge in [-0.1, -0.05) is 86.1 Å². The van der Waals surface area contributed by atoms with Gasteiger partial charge in [0.25, 0.3) is 5.56 Å². The molecule has 0 bridgehead atoms. The van der Waals surface area contributed by atoms with E-state index in [1.807, 2.05) is 47.0 Å². The number of nitrogens with one attached hydrogen (secondary N) is 1. The number of nitrogens with zero attached hydrogens (tertiary/aromatic N) is 3. The van der Waals surface area contributed by atoms with Crippen LogP contribution in [0.2, 0.25) is 0 Å². The lowest BCUT2D eigenvalue weighted by molar-refractivity contribution is 0.0701. The summed E-state index contributed by atoms with van der Waals surface area (Å²) in [4.78, 5) is 21.6. The standard InChI is InChI=1S/C30H34N4O/c1-21(2)28(33-18-17-31-19-27(33)24-15-13-22(3)14-16-24)29-32-26-12-8-7-11-25(26)30(35)34(29)20-23-9-5-4-6-10-23/h4-16,21,27-28,31H,17-20H2,1-3H3. The molecule has 2 heterocycles. The molecule has 1 aliphatic heterocycles. The number of fused-ring (bicyclic) bond motifs is 1. The van der Waals surface area contributed by atoms with Crippen molar-refractivity contribution in [3.63, 3.8) is 0 Å². The maximum atomic E-state index is 13.8. The Morgan fingerprint density at radius 3 is 2.43 bits per heavy atom. The van der Waals surface area contributed by atoms with Gasteiger partial charge in [0, 0.05) is 25.7 Å². The molecule has 0 radical (unpaired) electrons. The van der Waals surface area contributed by atoms with Gasteiger partial charge in [0.2, 0.25) is 0 Å². The van der Waals surface area contributed by atoms with Crippen LogP contribution in [0.5, 0.6) is 0 Å². The molecule has 5 heteroatoms. The molecule has 1 fully saturated rings. The molecule has 0 amide bonds. The van der Waals surface area contributed by atoms with E-state index in [9.17, 15) is 4.79 Å². The molecule has 0 aliphatic carbocycles. The normalized spacial score (nSPS) is 17.7. The molecule has 1 aliphatic rings. The van der Waals surface area contributed by atoms with E-state index in [0.717, 1.165) is 36.5 Å². The topological polar surface area (TPSA) is 50.2 Å². The third-order valence-electron chi connectivity index (χ3n) is 7.07. The van der Waals surface area contributed by atoms with Crippen molar-refractivity contribution in [2.24, 2.45) is 5.92 Å². The van der Waals surface area contributed by atoms with E-state index in [0.29, 0.717) is 11.9 Å². The molecule has 35 heavy (non-hydrogen) atoms. The van der Waals surface area contributed by atoms with Crippen molar-refractivity contribution in [2.75, 3.05) is 19.6 Å². The molecule has 0 spiro atoms. The number of aryl methyl sites for hydroxylation is 1. The molecule has 3 aromatic carbocycles. The SMILES string of the molecule is Cc1ccc(C2CNCCN2C(c2nc3ccccc3c(=O)n2Cc2ccccc2)C(C)C)cc1. The highest BCUT2D eigenvalue weighted by Gasteiger charge is 2.35. The maximum absolute atomic E-state index is 13.8. The minimum absolute atomic E-state index is 0.00409. The molecule has 2 atom stereocenters. The van der Waals surface area contributed by atoms with Gasteiger partial charge < -0.3 is 5.32 Å². The molecule has 4 aromatic rings. The Balaban J connectivity index is 1.67. The van der Waals surface area contributed by atoms with Gasteiger partial charge in [-0.3, -0.25) is 14.3 Å². The van der Waals surface area contributed by atoms with E-state index < -0.39 is 0 Å². The van der Waals surface area contributed by atoms with Crippen LogP contribution in [0.1, 0.15) is 48.4 Å². The zero-order valence-electron chi connectivity index (χ0n) is 20.8. The van der Waals surface area contributed by atoms with E-state index in [-0.39, 0.29) is 23.6 Å². The zero-order valence-corrected chi connectivity index (χ0v) is 20.8. The quantitative estimate of drug-likeness (QED) is 0.430. The Morgan fingerprint density at radius 2 is 1.69 bits per heavy atom. The minimum Gasteiger partial charge on any atom is -0.314 e. The first-order valence-electron chi connectivity index (χ1n) is 12.6. The number of hydrogen-bond donors (Lipinski definition) is 1. The molecular formula is C30H34N4O. The first-order valence-corrected chi connectivity index (χ1v) is 12.6. The fourth-order valence-electron chi connectivity index (χ4n) is 5.31. The van der Waals surface area contributed by atoms with Crippen molar-refractivity contribution < 1.29 is 0 Å². The van der Waals surface area contributed by atoms with E-state index in [1.54, 1.807) is 0 Å². The van der Waals surface area contributed by atoms with Gasteiger partial charge in [0.1, 0.15) is 5.82 Å². The summed E-state index contributed by atoms with van der Waals surface area (Å²) in [6, 6.07) is 27.0. The van der Waals surface area contributed by atoms with Crippen LogP contribution in [0.25, 0.3) is 10.9 Å². The van der Waals surface area contributed by atoms with Gasteiger partial charge in [-0.05, 0) is 36.1 Å². The molecule has 180 valence electrons. The van der Waals surface area contributed by atoms with Crippen molar-refractivity contribution >= 4 is 10.9 Å². The molecule has 1 aromatic heterocycles. The number of benzene rings is 3. The van der Waals surface area contributed by atoms with Crippen LogP contribution in [-0.2, 0) is 6.54 Å². The highest BCUT2D eigenvalue weighted by atomic mass is 16.1.